The normalized spacial score (nSPS) is 27.3. The van der Waals surface area contributed by atoms with Gasteiger partial charge in [0, 0.05) is 47.2 Å². The first-order valence-corrected chi connectivity index (χ1v) is 14.9. The zero-order chi connectivity index (χ0) is 30.7. The number of fused-ring (bicyclic) bond motifs is 5. The Morgan fingerprint density at radius 3 is 2.82 bits per heavy atom. The van der Waals surface area contributed by atoms with Gasteiger partial charge in [0.1, 0.15) is 34.7 Å². The number of aliphatic hydroxyl groups is 1. The van der Waals surface area contributed by atoms with Crippen molar-refractivity contribution >= 4 is 34.5 Å². The maximum Gasteiger partial charge on any atom is 0.375 e. The number of hydrogen-bond acceptors (Lipinski definition) is 8. The molecule has 3 aromatic rings. The average molecular weight is 596 g/mol. The van der Waals surface area contributed by atoms with Gasteiger partial charge in [-0.3, -0.25) is 9.59 Å². The summed E-state index contributed by atoms with van der Waals surface area (Å²) in [5.41, 5.74) is 3.42. The lowest BCUT2D eigenvalue weighted by Crippen LogP contribution is -2.45. The van der Waals surface area contributed by atoms with Gasteiger partial charge in [0.2, 0.25) is 5.76 Å². The number of nitrogens with one attached hydrogen (secondary N) is 1. The molecule has 226 valence electrons. The van der Waals surface area contributed by atoms with Crippen LogP contribution in [0.2, 0.25) is 0 Å². The van der Waals surface area contributed by atoms with Gasteiger partial charge in [-0.1, -0.05) is 23.8 Å². The number of carbonyl (C=O) groups is 3. The molecule has 9 nitrogen and oxygen atoms in total. The van der Waals surface area contributed by atoms with Gasteiger partial charge in [0.05, 0.1) is 24.9 Å². The number of methoxy groups -OCH3 is 1. The predicted octanol–water partition coefficient (Wildman–Crippen LogP) is 5.43. The molecule has 0 bridgehead atoms. The molecule has 4 atom stereocenters. The number of benzene rings is 2. The largest absolute Gasteiger partial charge is 0.496 e. The summed E-state index contributed by atoms with van der Waals surface area (Å²) in [6, 6.07) is 9.61. The van der Waals surface area contributed by atoms with Crippen LogP contribution in [0.1, 0.15) is 68.1 Å². The van der Waals surface area contributed by atoms with Gasteiger partial charge in [-0.05, 0) is 62.3 Å². The summed E-state index contributed by atoms with van der Waals surface area (Å²) in [5.74, 6) is -0.403. The minimum Gasteiger partial charge on any atom is -0.496 e. The van der Waals surface area contributed by atoms with E-state index in [1.165, 1.54) is 0 Å². The van der Waals surface area contributed by atoms with Gasteiger partial charge in [-0.25, -0.2) is 4.79 Å². The molecule has 44 heavy (non-hydrogen) atoms. The van der Waals surface area contributed by atoms with Crippen molar-refractivity contribution in [3.8, 4) is 17.2 Å². The Labute approximate surface area is 254 Å². The second-order valence-corrected chi connectivity index (χ2v) is 12.0. The van der Waals surface area contributed by atoms with E-state index in [0.29, 0.717) is 48.2 Å². The van der Waals surface area contributed by atoms with E-state index < -0.39 is 23.6 Å². The third kappa shape index (κ3) is 4.29. The number of allylic oxidation sites excluding steroid dienone is 3. The number of ether oxygens (including phenoxy) is 4. The zero-order valence-electron chi connectivity index (χ0n) is 24.8. The number of aldehydes is 1. The SMILES string of the molecule is CCOC(=O)C1=C(C=O)/C(=C2/CCC(=O)[C@H](c3ccc4[nH]ccc4c3)C2)c2c(cc3c(c2OC)[C@@H]2C=CC[C@@](C)(O)[C@H]2O3)O1. The van der Waals surface area contributed by atoms with Crippen LogP contribution >= 0.6 is 0 Å². The van der Waals surface area contributed by atoms with Crippen LogP contribution in [0.3, 0.4) is 0 Å². The number of esters is 1. The van der Waals surface area contributed by atoms with E-state index >= 15 is 0 Å². The van der Waals surface area contributed by atoms with E-state index in [-0.39, 0.29) is 41.8 Å². The fraction of sp³-hybridized carbons (Fsp3) is 0.343. The van der Waals surface area contributed by atoms with Crippen LogP contribution in [-0.2, 0) is 19.1 Å². The van der Waals surface area contributed by atoms with Crippen LogP contribution in [0.15, 0.2) is 65.6 Å². The van der Waals surface area contributed by atoms with Crippen molar-refractivity contribution in [1.29, 1.82) is 0 Å². The van der Waals surface area contributed by atoms with Crippen molar-refractivity contribution in [2.45, 2.75) is 63.1 Å². The molecule has 2 aliphatic carbocycles. The quantitative estimate of drug-likeness (QED) is 0.227. The van der Waals surface area contributed by atoms with Gasteiger partial charge in [0.25, 0.3) is 0 Å². The first kappa shape index (κ1) is 28.2. The molecule has 3 heterocycles. The maximum absolute atomic E-state index is 13.4. The summed E-state index contributed by atoms with van der Waals surface area (Å²) >= 11 is 0. The van der Waals surface area contributed by atoms with E-state index in [4.69, 9.17) is 18.9 Å². The fourth-order valence-corrected chi connectivity index (χ4v) is 7.18. The second kappa shape index (κ2) is 10.5. The Balaban J connectivity index is 1.44. The molecule has 0 radical (unpaired) electrons. The van der Waals surface area contributed by atoms with E-state index in [1.807, 2.05) is 42.6 Å². The lowest BCUT2D eigenvalue weighted by atomic mass is 9.74. The summed E-state index contributed by atoms with van der Waals surface area (Å²) in [6.45, 7) is 3.51. The highest BCUT2D eigenvalue weighted by molar-refractivity contribution is 6.11. The highest BCUT2D eigenvalue weighted by atomic mass is 16.6. The summed E-state index contributed by atoms with van der Waals surface area (Å²) < 4.78 is 23.8. The van der Waals surface area contributed by atoms with Gasteiger partial charge >= 0.3 is 5.97 Å². The Morgan fingerprint density at radius 2 is 2.05 bits per heavy atom. The van der Waals surface area contributed by atoms with Crippen LogP contribution in [0, 0.1) is 0 Å². The minimum atomic E-state index is -1.12. The Kier molecular flexibility index (Phi) is 6.73. The molecule has 1 saturated carbocycles. The van der Waals surface area contributed by atoms with Crippen molar-refractivity contribution in [3.63, 3.8) is 0 Å². The van der Waals surface area contributed by atoms with Crippen LogP contribution in [0.5, 0.6) is 17.2 Å². The van der Waals surface area contributed by atoms with Gasteiger partial charge < -0.3 is 29.0 Å². The number of aromatic amines is 1. The molecule has 1 aromatic heterocycles. The molecule has 0 unspecified atom stereocenters. The number of carbonyl (C=O) groups excluding carboxylic acids is 3. The third-order valence-electron chi connectivity index (χ3n) is 9.25. The lowest BCUT2D eigenvalue weighted by molar-refractivity contribution is -0.141. The van der Waals surface area contributed by atoms with Crippen molar-refractivity contribution in [3.05, 3.63) is 82.3 Å². The molecule has 0 spiro atoms. The summed E-state index contributed by atoms with van der Waals surface area (Å²) in [6.07, 6.45) is 7.33. The lowest BCUT2D eigenvalue weighted by Gasteiger charge is -2.34. The molecule has 1 fully saturated rings. The molecule has 7 rings (SSSR count). The van der Waals surface area contributed by atoms with Crippen LogP contribution < -0.4 is 14.2 Å². The molecule has 2 aromatic carbocycles. The Hall–Kier alpha value is -4.63. The molecule has 9 heteroatoms. The maximum atomic E-state index is 13.4. The zero-order valence-corrected chi connectivity index (χ0v) is 24.8. The van der Waals surface area contributed by atoms with Gasteiger partial charge in [-0.15, -0.1) is 0 Å². The molecule has 4 aliphatic rings. The molecule has 0 saturated heterocycles. The van der Waals surface area contributed by atoms with E-state index in [1.54, 1.807) is 27.0 Å². The van der Waals surface area contributed by atoms with Crippen molar-refractivity contribution in [2.24, 2.45) is 0 Å². The highest BCUT2D eigenvalue weighted by Crippen LogP contribution is 2.58. The van der Waals surface area contributed by atoms with Gasteiger partial charge in [-0.2, -0.15) is 0 Å². The average Bonchev–Trinajstić information content (AvgIpc) is 3.64. The number of Topliss-reactive ketones (excluding diaryl/α,β-unsaturated/α-hetero) is 1. The number of H-pyrrole nitrogens is 1. The monoisotopic (exact) mass is 595 g/mol. The minimum absolute atomic E-state index is 0.0556. The van der Waals surface area contributed by atoms with Crippen LogP contribution in [0.4, 0.5) is 0 Å². The van der Waals surface area contributed by atoms with Crippen LogP contribution in [0.25, 0.3) is 16.5 Å². The number of aromatic nitrogens is 1. The molecular weight excluding hydrogens is 562 g/mol. The molecule has 0 amide bonds. The summed E-state index contributed by atoms with van der Waals surface area (Å²) in [5, 5.41) is 12.2. The van der Waals surface area contributed by atoms with E-state index in [9.17, 15) is 19.5 Å². The van der Waals surface area contributed by atoms with Gasteiger partial charge in [0.15, 0.2) is 6.29 Å². The topological polar surface area (TPSA) is 124 Å². The Morgan fingerprint density at radius 1 is 1.20 bits per heavy atom. The van der Waals surface area contributed by atoms with E-state index in [2.05, 4.69) is 4.98 Å². The smallest absolute Gasteiger partial charge is 0.375 e. The predicted molar refractivity (Wildman–Crippen MR) is 162 cm³/mol. The van der Waals surface area contributed by atoms with Crippen molar-refractivity contribution < 1.29 is 38.4 Å². The highest BCUT2D eigenvalue weighted by Gasteiger charge is 2.49. The standard InChI is InChI=1S/C35H33NO8/c1-4-42-34(39)31-23(17-37)28(20-8-10-25(38)22(15-20)18-7-9-24-19(14-18)11-13-36-24)30-27(43-31)16-26-29(32(30)41-3)21-6-5-12-35(2,40)33(21)44-26/h5-7,9,11,13-14,16-17,21-22,33,36,40H,4,8,10,12,15H2,1-3H3/b28-20+/t21-,22-,33-,35+/m0/s1. The number of rotatable bonds is 5. The van der Waals surface area contributed by atoms with E-state index in [0.717, 1.165) is 27.6 Å². The third-order valence-corrected chi connectivity index (χ3v) is 9.25. The van der Waals surface area contributed by atoms with Crippen molar-refractivity contribution in [1.82, 2.24) is 4.98 Å². The van der Waals surface area contributed by atoms with Crippen LogP contribution in [-0.4, -0.2) is 53.6 Å². The second-order valence-electron chi connectivity index (χ2n) is 12.0. The molecular formula is C35H33NO8. The number of ketones is 1. The first-order valence-electron chi connectivity index (χ1n) is 14.9. The fourth-order valence-electron chi connectivity index (χ4n) is 7.18. The Bertz CT molecular complexity index is 1820. The summed E-state index contributed by atoms with van der Waals surface area (Å²) in [7, 11) is 1.54. The molecule has 2 aliphatic heterocycles. The number of hydrogen-bond donors (Lipinski definition) is 2. The first-order chi connectivity index (χ1) is 21.2. The molecule has 2 N–H and O–H groups in total. The van der Waals surface area contributed by atoms with Crippen molar-refractivity contribution in [2.75, 3.05) is 13.7 Å². The summed E-state index contributed by atoms with van der Waals surface area (Å²) in [4.78, 5) is 42.6.